The zero-order valence-electron chi connectivity index (χ0n) is 12.7. The van der Waals surface area contributed by atoms with Gasteiger partial charge in [0.25, 0.3) is 0 Å². The van der Waals surface area contributed by atoms with Gasteiger partial charge in [0.1, 0.15) is 0 Å². The average molecular weight is 281 g/mol. The van der Waals surface area contributed by atoms with Crippen molar-refractivity contribution in [1.29, 1.82) is 0 Å². The van der Waals surface area contributed by atoms with Gasteiger partial charge in [-0.1, -0.05) is 6.42 Å². The molecule has 3 atom stereocenters. The molecule has 3 aliphatic rings. The monoisotopic (exact) mass is 281 g/mol. The lowest BCUT2D eigenvalue weighted by Crippen LogP contribution is -2.72. The molecule has 0 radical (unpaired) electrons. The first-order valence-electron chi connectivity index (χ1n) is 7.89. The van der Waals surface area contributed by atoms with E-state index in [9.17, 15) is 0 Å². The lowest BCUT2D eigenvalue weighted by atomic mass is 9.46. The molecule has 1 saturated heterocycles. The summed E-state index contributed by atoms with van der Waals surface area (Å²) in [6.45, 7) is 2.63. The fourth-order valence-corrected chi connectivity index (χ4v) is 4.22. The van der Waals surface area contributed by atoms with Gasteiger partial charge in [0.15, 0.2) is 5.96 Å². The number of ether oxygens (including phenoxy) is 2. The molecule has 1 heterocycles. The number of fused-ring (bicyclic) bond motifs is 2. The Morgan fingerprint density at radius 2 is 2.30 bits per heavy atom. The van der Waals surface area contributed by atoms with Crippen LogP contribution in [-0.2, 0) is 9.47 Å². The topological polar surface area (TPSA) is 54.9 Å². The molecule has 0 aromatic rings. The fourth-order valence-electron chi connectivity index (χ4n) is 4.22. The minimum absolute atomic E-state index is 0.408. The van der Waals surface area contributed by atoms with Gasteiger partial charge >= 0.3 is 0 Å². The maximum atomic E-state index is 5.95. The standard InChI is InChI=1S/C15H27N3O2/c1-16-14(17-8-4-9-19-2)18-12-11-5-10-20-13(11)15(12)6-3-7-15/h11-13H,3-10H2,1-2H3,(H2,16,17,18). The van der Waals surface area contributed by atoms with Crippen molar-refractivity contribution >= 4 is 5.96 Å². The molecule has 0 amide bonds. The molecule has 2 N–H and O–H groups in total. The average Bonchev–Trinajstić information content (AvgIpc) is 2.81. The fraction of sp³-hybridized carbons (Fsp3) is 0.933. The normalized spacial score (nSPS) is 34.3. The van der Waals surface area contributed by atoms with Crippen molar-refractivity contribution in [1.82, 2.24) is 10.6 Å². The second-order valence-electron chi connectivity index (χ2n) is 6.30. The summed E-state index contributed by atoms with van der Waals surface area (Å²) in [6.07, 6.45) is 6.69. The Balaban J connectivity index is 1.53. The second kappa shape index (κ2) is 5.90. The van der Waals surface area contributed by atoms with Crippen LogP contribution >= 0.6 is 0 Å². The van der Waals surface area contributed by atoms with Crippen molar-refractivity contribution < 1.29 is 9.47 Å². The molecule has 0 bridgehead atoms. The van der Waals surface area contributed by atoms with Crippen LogP contribution in [0, 0.1) is 11.3 Å². The van der Waals surface area contributed by atoms with Gasteiger partial charge in [-0.3, -0.25) is 4.99 Å². The summed E-state index contributed by atoms with van der Waals surface area (Å²) in [5.74, 6) is 1.62. The predicted octanol–water partition coefficient (Wildman–Crippen LogP) is 1.15. The van der Waals surface area contributed by atoms with E-state index < -0.39 is 0 Å². The van der Waals surface area contributed by atoms with Gasteiger partial charge < -0.3 is 20.1 Å². The van der Waals surface area contributed by atoms with Crippen molar-refractivity contribution in [2.45, 2.75) is 44.2 Å². The quantitative estimate of drug-likeness (QED) is 0.451. The van der Waals surface area contributed by atoms with Gasteiger partial charge in [0.2, 0.25) is 0 Å². The lowest BCUT2D eigenvalue weighted by Gasteiger charge is -2.63. The maximum absolute atomic E-state index is 5.95. The van der Waals surface area contributed by atoms with Gasteiger partial charge in [-0.05, 0) is 25.7 Å². The molecule has 1 spiro atoms. The van der Waals surface area contributed by atoms with Crippen LogP contribution in [-0.4, -0.2) is 52.0 Å². The Kier molecular flexibility index (Phi) is 4.17. The summed E-state index contributed by atoms with van der Waals surface area (Å²) in [7, 11) is 3.59. The Hall–Kier alpha value is -0.810. The molecular formula is C15H27N3O2. The van der Waals surface area contributed by atoms with Gasteiger partial charge in [-0.25, -0.2) is 0 Å². The van der Waals surface area contributed by atoms with E-state index in [-0.39, 0.29) is 0 Å². The molecule has 20 heavy (non-hydrogen) atoms. The van der Waals surface area contributed by atoms with Crippen LogP contribution in [0.5, 0.6) is 0 Å². The molecule has 114 valence electrons. The molecule has 1 aliphatic heterocycles. The Morgan fingerprint density at radius 3 is 2.95 bits per heavy atom. The van der Waals surface area contributed by atoms with Gasteiger partial charge in [-0.2, -0.15) is 0 Å². The van der Waals surface area contributed by atoms with Crippen molar-refractivity contribution in [2.24, 2.45) is 16.3 Å². The molecule has 3 unspecified atom stereocenters. The van der Waals surface area contributed by atoms with E-state index >= 15 is 0 Å². The van der Waals surface area contributed by atoms with Gasteiger partial charge in [0.05, 0.1) is 6.10 Å². The molecule has 2 aliphatic carbocycles. The zero-order valence-corrected chi connectivity index (χ0v) is 12.7. The molecule has 3 fully saturated rings. The van der Waals surface area contributed by atoms with E-state index in [2.05, 4.69) is 15.6 Å². The van der Waals surface area contributed by atoms with Crippen LogP contribution < -0.4 is 10.6 Å². The highest BCUT2D eigenvalue weighted by Gasteiger charge is 2.66. The second-order valence-corrected chi connectivity index (χ2v) is 6.30. The smallest absolute Gasteiger partial charge is 0.191 e. The lowest BCUT2D eigenvalue weighted by molar-refractivity contribution is -0.171. The summed E-state index contributed by atoms with van der Waals surface area (Å²) < 4.78 is 11.0. The van der Waals surface area contributed by atoms with Crippen LogP contribution in [0.2, 0.25) is 0 Å². The molecule has 3 rings (SSSR count). The number of aliphatic imine (C=N–C) groups is 1. The molecule has 5 heteroatoms. The highest BCUT2D eigenvalue weighted by atomic mass is 16.5. The van der Waals surface area contributed by atoms with E-state index in [0.29, 0.717) is 23.5 Å². The van der Waals surface area contributed by atoms with Crippen LogP contribution in [0.4, 0.5) is 0 Å². The zero-order chi connectivity index (χ0) is 14.0. The predicted molar refractivity (Wildman–Crippen MR) is 78.9 cm³/mol. The molecule has 2 saturated carbocycles. The number of rotatable bonds is 5. The third-order valence-corrected chi connectivity index (χ3v) is 5.37. The number of guanidine groups is 1. The highest BCUT2D eigenvalue weighted by Crippen LogP contribution is 2.62. The molecule has 0 aromatic carbocycles. The Labute approximate surface area is 121 Å². The van der Waals surface area contributed by atoms with E-state index in [4.69, 9.17) is 9.47 Å². The Morgan fingerprint density at radius 1 is 1.45 bits per heavy atom. The maximum Gasteiger partial charge on any atom is 0.191 e. The van der Waals surface area contributed by atoms with Crippen molar-refractivity contribution in [2.75, 3.05) is 33.9 Å². The SMILES string of the molecule is CN=C(NCCCOC)NC1C2CCOC2C12CCC2. The molecule has 0 aromatic heterocycles. The summed E-state index contributed by atoms with van der Waals surface area (Å²) in [4.78, 5) is 4.36. The first-order chi connectivity index (χ1) is 9.81. The summed E-state index contributed by atoms with van der Waals surface area (Å²) in [5.41, 5.74) is 0.408. The van der Waals surface area contributed by atoms with Crippen LogP contribution in [0.3, 0.4) is 0 Å². The summed E-state index contributed by atoms with van der Waals surface area (Å²) in [6, 6.07) is 0.553. The third-order valence-electron chi connectivity index (χ3n) is 5.37. The minimum Gasteiger partial charge on any atom is -0.385 e. The van der Waals surface area contributed by atoms with Gasteiger partial charge in [0, 0.05) is 51.3 Å². The van der Waals surface area contributed by atoms with E-state index in [1.807, 2.05) is 7.05 Å². The first-order valence-corrected chi connectivity index (χ1v) is 7.89. The van der Waals surface area contributed by atoms with E-state index in [1.165, 1.54) is 25.7 Å². The molecular weight excluding hydrogens is 254 g/mol. The van der Waals surface area contributed by atoms with E-state index in [0.717, 1.165) is 32.1 Å². The van der Waals surface area contributed by atoms with Crippen molar-refractivity contribution in [3.8, 4) is 0 Å². The van der Waals surface area contributed by atoms with Gasteiger partial charge in [-0.15, -0.1) is 0 Å². The minimum atomic E-state index is 0.408. The number of methoxy groups -OCH3 is 1. The summed E-state index contributed by atoms with van der Waals surface area (Å²) in [5, 5.41) is 7.05. The summed E-state index contributed by atoms with van der Waals surface area (Å²) >= 11 is 0. The van der Waals surface area contributed by atoms with Crippen LogP contribution in [0.1, 0.15) is 32.1 Å². The number of nitrogens with one attached hydrogen (secondary N) is 2. The number of nitrogens with zero attached hydrogens (tertiary/aromatic N) is 1. The third kappa shape index (κ3) is 2.21. The van der Waals surface area contributed by atoms with Crippen molar-refractivity contribution in [3.05, 3.63) is 0 Å². The highest BCUT2D eigenvalue weighted by molar-refractivity contribution is 5.80. The van der Waals surface area contributed by atoms with Crippen LogP contribution in [0.25, 0.3) is 0 Å². The van der Waals surface area contributed by atoms with Crippen LogP contribution in [0.15, 0.2) is 4.99 Å². The largest absolute Gasteiger partial charge is 0.385 e. The number of hydrogen-bond donors (Lipinski definition) is 2. The van der Waals surface area contributed by atoms with Crippen molar-refractivity contribution in [3.63, 3.8) is 0 Å². The molecule has 5 nitrogen and oxygen atoms in total. The first kappa shape index (κ1) is 14.1. The number of hydrogen-bond acceptors (Lipinski definition) is 3. The van der Waals surface area contributed by atoms with E-state index in [1.54, 1.807) is 7.11 Å². The Bertz CT molecular complexity index is 368.